The summed E-state index contributed by atoms with van der Waals surface area (Å²) in [7, 11) is 5.07. The number of rotatable bonds is 25. The second-order valence-corrected chi connectivity index (χ2v) is 29.0. The number of para-hydroxylation sites is 4. The molecule has 4 aromatic heterocycles. The topological polar surface area (TPSA) is 578 Å². The number of amides is 2. The number of benzene rings is 12. The first kappa shape index (κ1) is 95.1. The highest BCUT2D eigenvalue weighted by atomic mass is 16.5. The molecule has 0 aliphatic heterocycles. The zero-order valence-corrected chi connectivity index (χ0v) is 72.6. The van der Waals surface area contributed by atoms with Gasteiger partial charge in [0.1, 0.15) is 59.2 Å². The summed E-state index contributed by atoms with van der Waals surface area (Å²) in [4.78, 5) is 157. The molecule has 0 aliphatic carbocycles. The first-order valence-corrected chi connectivity index (χ1v) is 40.6. The van der Waals surface area contributed by atoms with Crippen LogP contribution in [-0.2, 0) is 51.2 Å². The van der Waals surface area contributed by atoms with Crippen LogP contribution < -0.4 is 11.5 Å². The number of phenols is 8. The minimum absolute atomic E-state index is 0.0159. The standard InChI is InChI=1S/C27H21N3O8.C25H19N3O6.C25H19N3O5.C23H17N5O4/c1-36-26(34)16-9-7-15(8-10-16)23-28-24(19-5-3-4-6-20(19)32)30-25(29-23)22-18(13-38-14-31)11-17(12-21(22)33)27(35)37-2;1-33-25(32)16-11-9-15(10-12-16)22-26-23(18-6-2-3-7-19(18)30)28-24(27-22)21-17(13-34-14-29)5-4-8-20(21)31;1-14(29)17-11-12-19(21(31)13-17)24-27-22(15-7-9-16(10-8-15)25(32)33-2)26-23(28-24)18-5-3-4-6-20(18)30;24-19(31)12-5-7-13(8-6-12)21-26-22(15-3-1-2-4-17(15)29)28-23(27-21)16-10-9-14(20(25)32)11-18(16)30/h3-12,14,32-33H,13H2,1-2H3;2-12,14,30-31H,13H2,1H3;3-13,30-31H,1-2H3;1-11,29-30H,(H2,24,31)(H2,25,32). The fourth-order valence-corrected chi connectivity index (χ4v) is 13.3. The number of ketones is 1. The Morgan fingerprint density at radius 1 is 0.255 bits per heavy atom. The molecule has 37 nitrogen and oxygen atoms in total. The molecule has 12 N–H and O–H groups in total. The minimum atomic E-state index is -0.712. The van der Waals surface area contributed by atoms with Crippen molar-refractivity contribution < 1.29 is 112 Å². The van der Waals surface area contributed by atoms with E-state index in [1.807, 2.05) is 0 Å². The van der Waals surface area contributed by atoms with Crippen LogP contribution in [0.2, 0.25) is 0 Å². The number of hydrogen-bond donors (Lipinski definition) is 10. The van der Waals surface area contributed by atoms with E-state index >= 15 is 0 Å². The van der Waals surface area contributed by atoms with Gasteiger partial charge >= 0.3 is 23.9 Å². The quantitative estimate of drug-likeness (QED) is 0.0110. The van der Waals surface area contributed by atoms with Crippen LogP contribution in [0.1, 0.15) is 90.6 Å². The largest absolute Gasteiger partial charge is 0.507 e. The summed E-state index contributed by atoms with van der Waals surface area (Å²) >= 11 is 0. The maximum absolute atomic E-state index is 12.1. The van der Waals surface area contributed by atoms with Crippen molar-refractivity contribution in [2.45, 2.75) is 20.1 Å². The molecule has 16 rings (SSSR count). The molecule has 0 fully saturated rings. The van der Waals surface area contributed by atoms with Gasteiger partial charge in [-0.05, 0) is 153 Å². The minimum Gasteiger partial charge on any atom is -0.507 e. The van der Waals surface area contributed by atoms with E-state index in [-0.39, 0.29) is 175 Å². The van der Waals surface area contributed by atoms with Crippen molar-refractivity contribution in [3.63, 3.8) is 0 Å². The van der Waals surface area contributed by atoms with Crippen LogP contribution in [0.4, 0.5) is 0 Å². The number of aromatic nitrogens is 12. The van der Waals surface area contributed by atoms with Gasteiger partial charge in [-0.25, -0.2) is 79.0 Å². The Kier molecular flexibility index (Phi) is 30.0. The third-order valence-electron chi connectivity index (χ3n) is 20.2. The summed E-state index contributed by atoms with van der Waals surface area (Å²) < 4.78 is 28.7. The molecule has 2 amide bonds. The second-order valence-electron chi connectivity index (χ2n) is 29.0. The predicted octanol–water partition coefficient (Wildman–Crippen LogP) is 14.0. The van der Waals surface area contributed by atoms with Crippen molar-refractivity contribution in [1.29, 1.82) is 0 Å². The fraction of sp³-hybridized carbons (Fsp3) is 0.0700. The normalized spacial score (nSPS) is 10.5. The zero-order chi connectivity index (χ0) is 97.7. The van der Waals surface area contributed by atoms with Gasteiger partial charge in [0.2, 0.25) is 11.8 Å². The molecule has 137 heavy (non-hydrogen) atoms. The van der Waals surface area contributed by atoms with Crippen molar-refractivity contribution in [2.75, 3.05) is 28.4 Å². The molecule has 684 valence electrons. The molecule has 0 bridgehead atoms. The smallest absolute Gasteiger partial charge is 0.337 e. The molecule has 0 atom stereocenters. The number of Topliss-reactive ketones (excluding diaryl/α,β-unsaturated/α-hetero) is 1. The van der Waals surface area contributed by atoms with Gasteiger partial charge in [0.15, 0.2) is 75.7 Å². The third kappa shape index (κ3) is 22.5. The molecular formula is C100H76N14O23. The number of phenolic OH excluding ortho intramolecular Hbond substituents is 8. The molecular weight excluding hydrogens is 1770 g/mol. The number of nitrogens with zero attached hydrogens (tertiary/aromatic N) is 12. The Hall–Kier alpha value is -19.5. The van der Waals surface area contributed by atoms with Crippen molar-refractivity contribution >= 4 is 54.4 Å². The van der Waals surface area contributed by atoms with E-state index in [1.54, 1.807) is 182 Å². The average molecular weight is 1840 g/mol. The first-order chi connectivity index (χ1) is 66.1. The van der Waals surface area contributed by atoms with Gasteiger partial charge in [0.05, 0.1) is 95.2 Å². The fourth-order valence-electron chi connectivity index (χ4n) is 13.3. The summed E-state index contributed by atoms with van der Waals surface area (Å²) in [5, 5.41) is 84.0. The Labute approximate surface area is 776 Å². The molecule has 12 aromatic carbocycles. The first-order valence-electron chi connectivity index (χ1n) is 40.6. The maximum atomic E-state index is 12.1. The number of primary amides is 2. The molecule has 4 heterocycles. The highest BCUT2D eigenvalue weighted by Crippen LogP contribution is 2.41. The molecule has 0 saturated heterocycles. The van der Waals surface area contributed by atoms with Gasteiger partial charge in [0, 0.05) is 50.1 Å². The van der Waals surface area contributed by atoms with Crippen molar-refractivity contribution in [2.24, 2.45) is 11.5 Å². The van der Waals surface area contributed by atoms with Gasteiger partial charge in [-0.15, -0.1) is 0 Å². The Balaban J connectivity index is 0.000000155. The van der Waals surface area contributed by atoms with Crippen molar-refractivity contribution in [3.8, 4) is 183 Å². The number of nitrogens with two attached hydrogens (primary N) is 2. The van der Waals surface area contributed by atoms with Gasteiger partial charge in [-0.3, -0.25) is 24.0 Å². The van der Waals surface area contributed by atoms with Crippen molar-refractivity contribution in [3.05, 3.63) is 311 Å². The average Bonchev–Trinajstić information content (AvgIpc) is 0.859. The van der Waals surface area contributed by atoms with E-state index in [4.69, 9.17) is 39.9 Å². The van der Waals surface area contributed by atoms with E-state index in [2.05, 4.69) is 59.8 Å². The van der Waals surface area contributed by atoms with Gasteiger partial charge in [-0.2, -0.15) is 0 Å². The van der Waals surface area contributed by atoms with Gasteiger partial charge < -0.3 is 80.7 Å². The van der Waals surface area contributed by atoms with E-state index < -0.39 is 35.7 Å². The Morgan fingerprint density at radius 2 is 0.511 bits per heavy atom. The monoisotopic (exact) mass is 1840 g/mol. The summed E-state index contributed by atoms with van der Waals surface area (Å²) in [5.74, 6) is -2.82. The Bertz CT molecular complexity index is 7320. The Morgan fingerprint density at radius 3 is 0.825 bits per heavy atom. The van der Waals surface area contributed by atoms with E-state index in [0.29, 0.717) is 89.9 Å². The number of carbonyl (C=O) groups excluding carboxylic acids is 9. The molecule has 0 aliphatic rings. The van der Waals surface area contributed by atoms with Crippen LogP contribution in [0.25, 0.3) is 137 Å². The molecule has 37 heteroatoms. The van der Waals surface area contributed by atoms with Crippen molar-refractivity contribution in [1.82, 2.24) is 59.8 Å². The van der Waals surface area contributed by atoms with Crippen LogP contribution >= 0.6 is 0 Å². The molecule has 0 unspecified atom stereocenters. The number of methoxy groups -OCH3 is 4. The summed E-state index contributed by atoms with van der Waals surface area (Å²) in [6, 6.07) is 67.6. The van der Waals surface area contributed by atoms with Crippen LogP contribution in [0.5, 0.6) is 46.0 Å². The number of hydrogen-bond acceptors (Lipinski definition) is 35. The molecule has 16 aromatic rings. The van der Waals surface area contributed by atoms with Gasteiger partial charge in [-0.1, -0.05) is 115 Å². The lowest BCUT2D eigenvalue weighted by molar-refractivity contribution is -0.130. The number of ether oxygens (including phenoxy) is 6. The maximum Gasteiger partial charge on any atom is 0.337 e. The lowest BCUT2D eigenvalue weighted by Crippen LogP contribution is -2.10. The third-order valence-corrected chi connectivity index (χ3v) is 20.2. The molecule has 0 saturated carbocycles. The van der Waals surface area contributed by atoms with Crippen LogP contribution in [0.3, 0.4) is 0 Å². The number of aromatic hydroxyl groups is 8. The predicted molar refractivity (Wildman–Crippen MR) is 492 cm³/mol. The highest BCUT2D eigenvalue weighted by molar-refractivity contribution is 5.97. The lowest BCUT2D eigenvalue weighted by atomic mass is 10.0. The van der Waals surface area contributed by atoms with E-state index in [1.165, 1.54) is 114 Å². The number of esters is 4. The zero-order valence-electron chi connectivity index (χ0n) is 72.6. The summed E-state index contributed by atoms with van der Waals surface area (Å²) in [6.45, 7) is 1.53. The van der Waals surface area contributed by atoms with E-state index in [9.17, 15) is 84.0 Å². The van der Waals surface area contributed by atoms with Crippen LogP contribution in [0.15, 0.2) is 261 Å². The summed E-state index contributed by atoms with van der Waals surface area (Å²) in [5.41, 5.74) is 17.6. The highest BCUT2D eigenvalue weighted by Gasteiger charge is 2.27. The second kappa shape index (κ2) is 43.3. The van der Waals surface area contributed by atoms with E-state index in [0.717, 1.165) is 0 Å². The SMILES string of the molecule is COC(=O)c1ccc(-c2nc(-c3ccccc3O)nc(-c3c(O)cc(C(=O)OC)cc3COC=O)n2)cc1.COC(=O)c1ccc(-c2nc(-c3ccccc3O)nc(-c3c(O)cccc3COC=O)n2)cc1.COC(=O)c1ccc(-c2nc(-c3ccccc3O)nc(-c3ccc(C(C)=O)cc3O)n2)cc1.NC(=O)c1ccc(-c2nc(-c3ccccc3O)nc(-c3ccc(C(N)=O)cc3O)n2)cc1. The van der Waals surface area contributed by atoms with Gasteiger partial charge in [0.25, 0.3) is 12.9 Å². The lowest BCUT2D eigenvalue weighted by Gasteiger charge is -2.14. The summed E-state index contributed by atoms with van der Waals surface area (Å²) in [6.07, 6.45) is 0. The van der Waals surface area contributed by atoms with Crippen LogP contribution in [0, 0.1) is 0 Å². The van der Waals surface area contributed by atoms with Crippen LogP contribution in [-0.4, -0.2) is 184 Å². The molecule has 0 radical (unpaired) electrons. The number of carbonyl (C=O) groups is 9. The molecule has 0 spiro atoms.